The van der Waals surface area contributed by atoms with Crippen molar-refractivity contribution in [1.82, 2.24) is 9.78 Å². The molecular weight excluding hydrogens is 166 g/mol. The predicted molar refractivity (Wildman–Crippen MR) is 51.1 cm³/mol. The zero-order chi connectivity index (χ0) is 9.42. The van der Waals surface area contributed by atoms with E-state index in [4.69, 9.17) is 5.73 Å². The zero-order valence-electron chi connectivity index (χ0n) is 7.31. The van der Waals surface area contributed by atoms with Gasteiger partial charge in [-0.15, -0.1) is 0 Å². The fraction of sp³-hybridized carbons (Fsp3) is 0.222. The van der Waals surface area contributed by atoms with Gasteiger partial charge in [-0.1, -0.05) is 0 Å². The fourth-order valence-electron chi connectivity index (χ4n) is 1.25. The van der Waals surface area contributed by atoms with Crippen LogP contribution < -0.4 is 5.73 Å². The molecule has 0 amide bonds. The molecule has 2 aromatic rings. The van der Waals surface area contributed by atoms with Crippen molar-refractivity contribution >= 4 is 16.6 Å². The number of aliphatic hydroxyl groups is 1. The molecule has 0 saturated heterocycles. The highest BCUT2D eigenvalue weighted by Crippen LogP contribution is 2.16. The Balaban J connectivity index is 2.62. The van der Waals surface area contributed by atoms with Gasteiger partial charge in [0.1, 0.15) is 6.23 Å². The summed E-state index contributed by atoms with van der Waals surface area (Å²) in [6, 6.07) is 5.46. The van der Waals surface area contributed by atoms with Crippen LogP contribution in [0.15, 0.2) is 24.4 Å². The molecular formula is C9H11N3O. The number of aliphatic hydroxyl groups excluding tert-OH is 1. The van der Waals surface area contributed by atoms with E-state index < -0.39 is 6.23 Å². The number of fused-ring (bicyclic) bond motifs is 1. The SMILES string of the molecule is CC(O)n1cc2cc(N)ccc2n1. The zero-order valence-corrected chi connectivity index (χ0v) is 7.31. The Hall–Kier alpha value is -1.55. The van der Waals surface area contributed by atoms with Gasteiger partial charge in [0.25, 0.3) is 0 Å². The van der Waals surface area contributed by atoms with Gasteiger partial charge in [0.15, 0.2) is 0 Å². The summed E-state index contributed by atoms with van der Waals surface area (Å²) in [6.07, 6.45) is 1.17. The van der Waals surface area contributed by atoms with Crippen LogP contribution in [0.2, 0.25) is 0 Å². The summed E-state index contributed by atoms with van der Waals surface area (Å²) in [5, 5.41) is 14.4. The highest BCUT2D eigenvalue weighted by atomic mass is 16.3. The number of rotatable bonds is 1. The second-order valence-corrected chi connectivity index (χ2v) is 3.06. The third-order valence-electron chi connectivity index (χ3n) is 1.93. The number of hydrogen-bond donors (Lipinski definition) is 2. The Bertz CT molecular complexity index is 433. The second-order valence-electron chi connectivity index (χ2n) is 3.06. The van der Waals surface area contributed by atoms with Crippen LogP contribution in [0.25, 0.3) is 10.9 Å². The van der Waals surface area contributed by atoms with Gasteiger partial charge in [-0.25, -0.2) is 4.68 Å². The average Bonchev–Trinajstić information content (AvgIpc) is 2.46. The quantitative estimate of drug-likeness (QED) is 0.642. The van der Waals surface area contributed by atoms with Crippen LogP contribution in [0, 0.1) is 0 Å². The Morgan fingerprint density at radius 2 is 2.31 bits per heavy atom. The van der Waals surface area contributed by atoms with Crippen LogP contribution in [0.4, 0.5) is 5.69 Å². The third kappa shape index (κ3) is 1.36. The number of nitrogen functional groups attached to an aromatic ring is 1. The van der Waals surface area contributed by atoms with E-state index in [1.807, 2.05) is 12.1 Å². The van der Waals surface area contributed by atoms with Gasteiger partial charge in [-0.05, 0) is 25.1 Å². The topological polar surface area (TPSA) is 64.1 Å². The number of aromatic nitrogens is 2. The molecule has 13 heavy (non-hydrogen) atoms. The van der Waals surface area contributed by atoms with E-state index in [0.29, 0.717) is 5.69 Å². The smallest absolute Gasteiger partial charge is 0.144 e. The van der Waals surface area contributed by atoms with Gasteiger partial charge in [0, 0.05) is 17.3 Å². The first-order valence-corrected chi connectivity index (χ1v) is 4.09. The minimum absolute atomic E-state index is 0.603. The maximum absolute atomic E-state index is 9.26. The number of hydrogen-bond acceptors (Lipinski definition) is 3. The minimum atomic E-state index is -0.603. The fourth-order valence-corrected chi connectivity index (χ4v) is 1.25. The van der Waals surface area contributed by atoms with Crippen molar-refractivity contribution in [3.63, 3.8) is 0 Å². The molecule has 0 aliphatic rings. The number of anilines is 1. The number of nitrogens with two attached hydrogens (primary N) is 1. The standard InChI is InChI=1S/C9H11N3O/c1-6(13)12-5-7-4-8(10)2-3-9(7)11-12/h2-6,13H,10H2,1H3. The molecule has 0 fully saturated rings. The van der Waals surface area contributed by atoms with Crippen molar-refractivity contribution in [3.05, 3.63) is 24.4 Å². The van der Waals surface area contributed by atoms with Crippen LogP contribution in [-0.2, 0) is 0 Å². The van der Waals surface area contributed by atoms with E-state index in [0.717, 1.165) is 10.9 Å². The van der Waals surface area contributed by atoms with Gasteiger partial charge in [-0.2, -0.15) is 5.10 Å². The molecule has 3 N–H and O–H groups in total. The van der Waals surface area contributed by atoms with Crippen molar-refractivity contribution in [2.24, 2.45) is 0 Å². The molecule has 1 heterocycles. The van der Waals surface area contributed by atoms with Gasteiger partial charge in [-0.3, -0.25) is 0 Å². The van der Waals surface area contributed by atoms with Crippen LogP contribution >= 0.6 is 0 Å². The first-order chi connectivity index (χ1) is 6.16. The number of benzene rings is 1. The van der Waals surface area contributed by atoms with Crippen LogP contribution in [0.1, 0.15) is 13.2 Å². The molecule has 0 radical (unpaired) electrons. The minimum Gasteiger partial charge on any atom is -0.399 e. The summed E-state index contributed by atoms with van der Waals surface area (Å²) in [7, 11) is 0. The first-order valence-electron chi connectivity index (χ1n) is 4.09. The lowest BCUT2D eigenvalue weighted by Crippen LogP contribution is -2.03. The molecule has 0 aliphatic heterocycles. The molecule has 2 rings (SSSR count). The van der Waals surface area contributed by atoms with Crippen LogP contribution in [0.3, 0.4) is 0 Å². The lowest BCUT2D eigenvalue weighted by atomic mass is 10.2. The van der Waals surface area contributed by atoms with E-state index in [-0.39, 0.29) is 0 Å². The molecule has 0 saturated carbocycles. The highest BCUT2D eigenvalue weighted by Gasteiger charge is 2.03. The van der Waals surface area contributed by atoms with Crippen molar-refractivity contribution in [3.8, 4) is 0 Å². The lowest BCUT2D eigenvalue weighted by Gasteiger charge is -2.01. The molecule has 1 atom stereocenters. The number of nitrogens with zero attached hydrogens (tertiary/aromatic N) is 2. The second kappa shape index (κ2) is 2.74. The summed E-state index contributed by atoms with van der Waals surface area (Å²) in [4.78, 5) is 0. The Kier molecular flexibility index (Phi) is 1.70. The molecule has 4 heteroatoms. The Labute approximate surface area is 75.6 Å². The summed E-state index contributed by atoms with van der Waals surface area (Å²) in [5.74, 6) is 0. The molecule has 1 aromatic carbocycles. The summed E-state index contributed by atoms with van der Waals surface area (Å²) >= 11 is 0. The lowest BCUT2D eigenvalue weighted by molar-refractivity contribution is 0.111. The van der Waals surface area contributed by atoms with Gasteiger partial charge in [0.05, 0.1) is 5.52 Å². The Morgan fingerprint density at radius 3 is 3.00 bits per heavy atom. The van der Waals surface area contributed by atoms with Crippen LogP contribution in [0.5, 0.6) is 0 Å². The van der Waals surface area contributed by atoms with Crippen molar-refractivity contribution in [2.75, 3.05) is 5.73 Å². The van der Waals surface area contributed by atoms with Crippen molar-refractivity contribution in [1.29, 1.82) is 0 Å². The monoisotopic (exact) mass is 177 g/mol. The molecule has 1 aromatic heterocycles. The van der Waals surface area contributed by atoms with E-state index >= 15 is 0 Å². The molecule has 0 bridgehead atoms. The molecule has 1 unspecified atom stereocenters. The van der Waals surface area contributed by atoms with E-state index in [1.54, 1.807) is 19.2 Å². The highest BCUT2D eigenvalue weighted by molar-refractivity contribution is 5.81. The molecule has 0 spiro atoms. The molecule has 0 aliphatic carbocycles. The maximum atomic E-state index is 9.26. The largest absolute Gasteiger partial charge is 0.399 e. The van der Waals surface area contributed by atoms with Crippen LogP contribution in [-0.4, -0.2) is 14.9 Å². The summed E-state index contributed by atoms with van der Waals surface area (Å²) < 4.78 is 1.50. The van der Waals surface area contributed by atoms with Gasteiger partial charge >= 0.3 is 0 Å². The maximum Gasteiger partial charge on any atom is 0.144 e. The van der Waals surface area contributed by atoms with Crippen molar-refractivity contribution < 1.29 is 5.11 Å². The first kappa shape index (κ1) is 8.07. The summed E-state index contributed by atoms with van der Waals surface area (Å²) in [6.45, 7) is 1.66. The van der Waals surface area contributed by atoms with E-state index in [2.05, 4.69) is 5.10 Å². The normalized spacial score (nSPS) is 13.4. The van der Waals surface area contributed by atoms with Gasteiger partial charge < -0.3 is 10.8 Å². The average molecular weight is 177 g/mol. The van der Waals surface area contributed by atoms with Crippen molar-refractivity contribution in [2.45, 2.75) is 13.2 Å². The third-order valence-corrected chi connectivity index (χ3v) is 1.93. The molecule has 68 valence electrons. The van der Waals surface area contributed by atoms with E-state index in [9.17, 15) is 5.11 Å². The van der Waals surface area contributed by atoms with E-state index in [1.165, 1.54) is 4.68 Å². The van der Waals surface area contributed by atoms with Gasteiger partial charge in [0.2, 0.25) is 0 Å². The predicted octanol–water partition coefficient (Wildman–Crippen LogP) is 1.13. The summed E-state index contributed by atoms with van der Waals surface area (Å²) in [5.41, 5.74) is 7.16. The Morgan fingerprint density at radius 1 is 1.54 bits per heavy atom. The molecule has 4 nitrogen and oxygen atoms in total.